The Hall–Kier alpha value is 0.210. The van der Waals surface area contributed by atoms with Crippen molar-refractivity contribution in [3.05, 3.63) is 0 Å². The van der Waals surface area contributed by atoms with Gasteiger partial charge < -0.3 is 5.11 Å². The molecular weight excluding hydrogens is 162 g/mol. The van der Waals surface area contributed by atoms with Crippen molar-refractivity contribution in [3.8, 4) is 0 Å². The highest BCUT2D eigenvalue weighted by Gasteiger charge is 2.20. The summed E-state index contributed by atoms with van der Waals surface area (Å²) < 4.78 is 0. The Morgan fingerprint density at radius 1 is 1.45 bits per heavy atom. The standard InChI is InChI=1S/C8H16ClNO/c9-4-6-10-5-2-1-3-8(10)7-11/h8,11H,1-7H2. The highest BCUT2D eigenvalue weighted by molar-refractivity contribution is 6.18. The topological polar surface area (TPSA) is 23.5 Å². The summed E-state index contributed by atoms with van der Waals surface area (Å²) in [4.78, 5) is 2.29. The molecule has 1 heterocycles. The Bertz CT molecular complexity index is 108. The average Bonchev–Trinajstić information content (AvgIpc) is 2.06. The highest BCUT2D eigenvalue weighted by atomic mass is 35.5. The summed E-state index contributed by atoms with van der Waals surface area (Å²) >= 11 is 5.63. The van der Waals surface area contributed by atoms with Crippen molar-refractivity contribution >= 4 is 11.6 Å². The van der Waals surface area contributed by atoms with Gasteiger partial charge in [0.1, 0.15) is 0 Å². The molecule has 1 saturated heterocycles. The SMILES string of the molecule is OCC1CCCCN1CCCl. The first-order valence-corrected chi connectivity index (χ1v) is 4.83. The molecular formula is C8H16ClNO. The van der Waals surface area contributed by atoms with Crippen LogP contribution in [0, 0.1) is 0 Å². The number of rotatable bonds is 3. The Morgan fingerprint density at radius 3 is 2.91 bits per heavy atom. The van der Waals surface area contributed by atoms with Crippen molar-refractivity contribution in [3.63, 3.8) is 0 Å². The number of likely N-dealkylation sites (tertiary alicyclic amines) is 1. The van der Waals surface area contributed by atoms with E-state index in [2.05, 4.69) is 4.90 Å². The van der Waals surface area contributed by atoms with Crippen LogP contribution in [0.2, 0.25) is 0 Å². The highest BCUT2D eigenvalue weighted by Crippen LogP contribution is 2.15. The molecule has 1 aliphatic rings. The van der Waals surface area contributed by atoms with Gasteiger partial charge in [0, 0.05) is 18.5 Å². The number of halogens is 1. The minimum Gasteiger partial charge on any atom is -0.395 e. The van der Waals surface area contributed by atoms with Gasteiger partial charge in [0.25, 0.3) is 0 Å². The molecule has 0 aliphatic carbocycles. The smallest absolute Gasteiger partial charge is 0.0586 e. The van der Waals surface area contributed by atoms with Crippen LogP contribution in [-0.4, -0.2) is 41.6 Å². The van der Waals surface area contributed by atoms with Gasteiger partial charge in [-0.1, -0.05) is 6.42 Å². The third-order valence-electron chi connectivity index (χ3n) is 2.33. The zero-order valence-corrected chi connectivity index (χ0v) is 7.56. The van der Waals surface area contributed by atoms with E-state index in [9.17, 15) is 0 Å². The molecule has 0 aromatic carbocycles. The fourth-order valence-corrected chi connectivity index (χ4v) is 1.89. The molecule has 0 saturated carbocycles. The maximum Gasteiger partial charge on any atom is 0.0586 e. The normalized spacial score (nSPS) is 27.3. The van der Waals surface area contributed by atoms with Crippen LogP contribution in [0.4, 0.5) is 0 Å². The van der Waals surface area contributed by atoms with E-state index in [-0.39, 0.29) is 6.61 Å². The van der Waals surface area contributed by atoms with E-state index in [4.69, 9.17) is 16.7 Å². The van der Waals surface area contributed by atoms with Crippen LogP contribution in [-0.2, 0) is 0 Å². The molecule has 0 aromatic heterocycles. The van der Waals surface area contributed by atoms with Gasteiger partial charge in [0.2, 0.25) is 0 Å². The molecule has 1 atom stereocenters. The molecule has 1 fully saturated rings. The molecule has 1 rings (SSSR count). The number of nitrogens with zero attached hydrogens (tertiary/aromatic N) is 1. The number of aliphatic hydroxyl groups excluding tert-OH is 1. The number of piperidine rings is 1. The van der Waals surface area contributed by atoms with Crippen molar-refractivity contribution in [2.45, 2.75) is 25.3 Å². The summed E-state index contributed by atoms with van der Waals surface area (Å²) in [5.74, 6) is 0.677. The van der Waals surface area contributed by atoms with Crippen molar-refractivity contribution in [1.29, 1.82) is 0 Å². The number of hydrogen-bond donors (Lipinski definition) is 1. The van der Waals surface area contributed by atoms with Crippen molar-refractivity contribution in [1.82, 2.24) is 4.90 Å². The fourth-order valence-electron chi connectivity index (χ4n) is 1.67. The minimum absolute atomic E-state index is 0.289. The second kappa shape index (κ2) is 4.96. The molecule has 0 radical (unpaired) electrons. The van der Waals surface area contributed by atoms with Gasteiger partial charge in [0.05, 0.1) is 6.61 Å². The molecule has 0 amide bonds. The van der Waals surface area contributed by atoms with Crippen molar-refractivity contribution in [2.75, 3.05) is 25.6 Å². The van der Waals surface area contributed by atoms with Crippen LogP contribution in [0.3, 0.4) is 0 Å². The van der Waals surface area contributed by atoms with Crippen LogP contribution in [0.15, 0.2) is 0 Å². The fraction of sp³-hybridized carbons (Fsp3) is 1.00. The second-order valence-electron chi connectivity index (χ2n) is 3.06. The maximum absolute atomic E-state index is 9.00. The van der Waals surface area contributed by atoms with Gasteiger partial charge in [-0.3, -0.25) is 4.90 Å². The lowest BCUT2D eigenvalue weighted by Crippen LogP contribution is -2.42. The van der Waals surface area contributed by atoms with Gasteiger partial charge >= 0.3 is 0 Å². The molecule has 11 heavy (non-hydrogen) atoms. The lowest BCUT2D eigenvalue weighted by molar-refractivity contribution is 0.0960. The van der Waals surface area contributed by atoms with Gasteiger partial charge in [-0.15, -0.1) is 11.6 Å². The van der Waals surface area contributed by atoms with Crippen LogP contribution < -0.4 is 0 Å². The van der Waals surface area contributed by atoms with Gasteiger partial charge in [-0.05, 0) is 19.4 Å². The van der Waals surface area contributed by atoms with E-state index in [1.807, 2.05) is 0 Å². The quantitative estimate of drug-likeness (QED) is 0.653. The first kappa shape index (κ1) is 9.30. The number of alkyl halides is 1. The van der Waals surface area contributed by atoms with E-state index in [1.165, 1.54) is 12.8 Å². The predicted octanol–water partition coefficient (Wildman–Crippen LogP) is 1.07. The lowest BCUT2D eigenvalue weighted by Gasteiger charge is -2.33. The molecule has 0 aromatic rings. The summed E-state index contributed by atoms with van der Waals surface area (Å²) in [6.07, 6.45) is 3.64. The van der Waals surface area contributed by atoms with E-state index in [1.54, 1.807) is 0 Å². The summed E-state index contributed by atoms with van der Waals surface area (Å²) in [6.45, 7) is 2.32. The number of aliphatic hydroxyl groups is 1. The Morgan fingerprint density at radius 2 is 2.27 bits per heavy atom. The summed E-state index contributed by atoms with van der Waals surface area (Å²) in [6, 6.07) is 0.377. The Labute approximate surface area is 73.1 Å². The molecule has 2 nitrogen and oxygen atoms in total. The van der Waals surface area contributed by atoms with Crippen molar-refractivity contribution in [2.24, 2.45) is 0 Å². The maximum atomic E-state index is 9.00. The van der Waals surface area contributed by atoms with Crippen LogP contribution in [0.25, 0.3) is 0 Å². The van der Waals surface area contributed by atoms with Crippen molar-refractivity contribution < 1.29 is 5.11 Å². The van der Waals surface area contributed by atoms with Crippen LogP contribution in [0.1, 0.15) is 19.3 Å². The third kappa shape index (κ3) is 2.62. The zero-order valence-electron chi connectivity index (χ0n) is 6.80. The summed E-state index contributed by atoms with van der Waals surface area (Å²) in [5, 5.41) is 9.00. The van der Waals surface area contributed by atoms with E-state index in [0.29, 0.717) is 11.9 Å². The Kier molecular flexibility index (Phi) is 4.20. The van der Waals surface area contributed by atoms with Gasteiger partial charge in [-0.2, -0.15) is 0 Å². The number of hydrogen-bond acceptors (Lipinski definition) is 2. The van der Waals surface area contributed by atoms with Gasteiger partial charge in [-0.25, -0.2) is 0 Å². The third-order valence-corrected chi connectivity index (χ3v) is 2.50. The first-order valence-electron chi connectivity index (χ1n) is 4.29. The molecule has 0 spiro atoms. The Balaban J connectivity index is 2.31. The predicted molar refractivity (Wildman–Crippen MR) is 47.0 cm³/mol. The van der Waals surface area contributed by atoms with Crippen LogP contribution in [0.5, 0.6) is 0 Å². The van der Waals surface area contributed by atoms with Gasteiger partial charge in [0.15, 0.2) is 0 Å². The zero-order chi connectivity index (χ0) is 8.10. The van der Waals surface area contributed by atoms with Crippen LogP contribution >= 0.6 is 11.6 Å². The molecule has 0 bridgehead atoms. The molecule has 1 aliphatic heterocycles. The second-order valence-corrected chi connectivity index (χ2v) is 3.44. The average molecular weight is 178 g/mol. The summed E-state index contributed by atoms with van der Waals surface area (Å²) in [5.41, 5.74) is 0. The molecule has 1 N–H and O–H groups in total. The van der Waals surface area contributed by atoms with E-state index < -0.39 is 0 Å². The lowest BCUT2D eigenvalue weighted by atomic mass is 10.0. The minimum atomic E-state index is 0.289. The summed E-state index contributed by atoms with van der Waals surface area (Å²) in [7, 11) is 0. The van der Waals surface area contributed by atoms with E-state index in [0.717, 1.165) is 19.5 Å². The van der Waals surface area contributed by atoms with E-state index >= 15 is 0 Å². The monoisotopic (exact) mass is 177 g/mol. The molecule has 66 valence electrons. The first-order chi connectivity index (χ1) is 5.38. The largest absolute Gasteiger partial charge is 0.395 e. The molecule has 3 heteroatoms. The molecule has 1 unspecified atom stereocenters.